The summed E-state index contributed by atoms with van der Waals surface area (Å²) in [6.45, 7) is 3.26. The molecule has 5 nitrogen and oxygen atoms in total. The molecule has 18 heavy (non-hydrogen) atoms. The highest BCUT2D eigenvalue weighted by Gasteiger charge is 2.24. The maximum absolute atomic E-state index is 11.9. The summed E-state index contributed by atoms with van der Waals surface area (Å²) >= 11 is 5.80. The Morgan fingerprint density at radius 1 is 1.39 bits per heavy atom. The molecule has 0 saturated heterocycles. The lowest BCUT2D eigenvalue weighted by molar-refractivity contribution is -0.138. The molecule has 0 aromatic heterocycles. The lowest BCUT2D eigenvalue weighted by atomic mass is 10.00. The number of nitrogen functional groups attached to an aromatic ring is 1. The van der Waals surface area contributed by atoms with Crippen molar-refractivity contribution in [1.82, 2.24) is 5.32 Å². The highest BCUT2D eigenvalue weighted by molar-refractivity contribution is 6.31. The van der Waals surface area contributed by atoms with E-state index in [1.54, 1.807) is 13.8 Å². The minimum Gasteiger partial charge on any atom is -0.481 e. The van der Waals surface area contributed by atoms with Crippen molar-refractivity contribution in [3.8, 4) is 0 Å². The molecule has 0 aliphatic heterocycles. The number of carboxylic acids is 1. The van der Waals surface area contributed by atoms with Crippen LogP contribution in [0.5, 0.6) is 0 Å². The first-order chi connectivity index (χ1) is 8.19. The molecule has 0 saturated carbocycles. The third-order valence-electron chi connectivity index (χ3n) is 2.23. The fourth-order valence-corrected chi connectivity index (χ4v) is 1.79. The Hall–Kier alpha value is -1.75. The molecule has 0 atom stereocenters. The molecule has 0 aliphatic carbocycles. The van der Waals surface area contributed by atoms with Crippen LogP contribution in [0, 0.1) is 0 Å². The van der Waals surface area contributed by atoms with Gasteiger partial charge >= 0.3 is 5.97 Å². The van der Waals surface area contributed by atoms with Gasteiger partial charge in [-0.2, -0.15) is 0 Å². The van der Waals surface area contributed by atoms with Gasteiger partial charge in [0.2, 0.25) is 0 Å². The van der Waals surface area contributed by atoms with Gasteiger partial charge in [0.15, 0.2) is 0 Å². The molecular weight excluding hydrogens is 256 g/mol. The number of halogens is 1. The van der Waals surface area contributed by atoms with Gasteiger partial charge in [-0.15, -0.1) is 0 Å². The fraction of sp³-hybridized carbons (Fsp3) is 0.333. The quantitative estimate of drug-likeness (QED) is 0.729. The molecule has 98 valence electrons. The summed E-state index contributed by atoms with van der Waals surface area (Å²) in [5.74, 6) is -1.39. The van der Waals surface area contributed by atoms with Gasteiger partial charge in [-0.05, 0) is 32.0 Å². The number of carbonyl (C=O) groups is 2. The first kappa shape index (κ1) is 14.3. The Bertz CT molecular complexity index is 466. The van der Waals surface area contributed by atoms with Gasteiger partial charge in [0.05, 0.1) is 6.42 Å². The third kappa shape index (κ3) is 4.25. The second-order valence-corrected chi connectivity index (χ2v) is 5.12. The number of amides is 1. The summed E-state index contributed by atoms with van der Waals surface area (Å²) in [7, 11) is 0. The molecule has 1 rings (SSSR count). The summed E-state index contributed by atoms with van der Waals surface area (Å²) in [6, 6.07) is 4.49. The summed E-state index contributed by atoms with van der Waals surface area (Å²) < 4.78 is 0. The number of carbonyl (C=O) groups excluding carboxylic acids is 1. The van der Waals surface area contributed by atoms with Gasteiger partial charge in [-0.1, -0.05) is 11.6 Å². The molecule has 4 N–H and O–H groups in total. The number of rotatable bonds is 4. The van der Waals surface area contributed by atoms with E-state index >= 15 is 0 Å². The van der Waals surface area contributed by atoms with Gasteiger partial charge in [0, 0.05) is 21.8 Å². The van der Waals surface area contributed by atoms with Crippen molar-refractivity contribution in [1.29, 1.82) is 0 Å². The summed E-state index contributed by atoms with van der Waals surface area (Å²) in [4.78, 5) is 22.6. The predicted octanol–water partition coefficient (Wildman–Crippen LogP) is 1.91. The molecule has 1 aromatic rings. The van der Waals surface area contributed by atoms with Gasteiger partial charge in [0.1, 0.15) is 0 Å². The van der Waals surface area contributed by atoms with E-state index in [0.29, 0.717) is 16.3 Å². The summed E-state index contributed by atoms with van der Waals surface area (Å²) in [6.07, 6.45) is -0.172. The number of carboxylic acid groups (broad SMARTS) is 1. The van der Waals surface area contributed by atoms with Crippen LogP contribution in [0.3, 0.4) is 0 Å². The van der Waals surface area contributed by atoms with E-state index in [4.69, 9.17) is 22.4 Å². The second-order valence-electron chi connectivity index (χ2n) is 4.68. The van der Waals surface area contributed by atoms with E-state index in [-0.39, 0.29) is 6.42 Å². The lowest BCUT2D eigenvalue weighted by Gasteiger charge is -2.24. The highest BCUT2D eigenvalue weighted by atomic mass is 35.5. The van der Waals surface area contributed by atoms with Crippen LogP contribution in [0.2, 0.25) is 5.02 Å². The van der Waals surface area contributed by atoms with Crippen molar-refractivity contribution in [2.75, 3.05) is 5.73 Å². The molecule has 1 amide bonds. The first-order valence-electron chi connectivity index (χ1n) is 5.30. The van der Waals surface area contributed by atoms with Crippen LogP contribution in [-0.4, -0.2) is 22.5 Å². The van der Waals surface area contributed by atoms with Crippen molar-refractivity contribution in [2.45, 2.75) is 25.8 Å². The molecule has 0 fully saturated rings. The SMILES string of the molecule is CC(C)(CC(=O)O)NC(=O)c1cc(N)cc(Cl)c1. The van der Waals surface area contributed by atoms with Crippen LogP contribution in [0.15, 0.2) is 18.2 Å². The highest BCUT2D eigenvalue weighted by Crippen LogP contribution is 2.18. The Kier molecular flexibility index (Phi) is 4.19. The lowest BCUT2D eigenvalue weighted by Crippen LogP contribution is -2.44. The molecule has 1 aromatic carbocycles. The van der Waals surface area contributed by atoms with Gasteiger partial charge in [0.25, 0.3) is 5.91 Å². The Balaban J connectivity index is 2.85. The average Bonchev–Trinajstić information content (AvgIpc) is 2.12. The molecule has 0 unspecified atom stereocenters. The number of nitrogens with two attached hydrogens (primary N) is 1. The van der Waals surface area contributed by atoms with Crippen molar-refractivity contribution in [3.63, 3.8) is 0 Å². The number of hydrogen-bond donors (Lipinski definition) is 3. The Morgan fingerprint density at radius 3 is 2.50 bits per heavy atom. The summed E-state index contributed by atoms with van der Waals surface area (Å²) in [5.41, 5.74) is 5.42. The number of hydrogen-bond acceptors (Lipinski definition) is 3. The van der Waals surface area contributed by atoms with Crippen molar-refractivity contribution >= 4 is 29.2 Å². The van der Waals surface area contributed by atoms with Crippen molar-refractivity contribution in [2.24, 2.45) is 0 Å². The predicted molar refractivity (Wildman–Crippen MR) is 69.7 cm³/mol. The van der Waals surface area contributed by atoms with Crippen LogP contribution < -0.4 is 11.1 Å². The normalized spacial score (nSPS) is 11.1. The zero-order chi connectivity index (χ0) is 13.9. The number of aliphatic carboxylic acids is 1. The van der Waals surface area contributed by atoms with Gasteiger partial charge in [-0.3, -0.25) is 9.59 Å². The average molecular weight is 271 g/mol. The van der Waals surface area contributed by atoms with E-state index < -0.39 is 17.4 Å². The van der Waals surface area contributed by atoms with E-state index in [2.05, 4.69) is 5.32 Å². The maximum Gasteiger partial charge on any atom is 0.305 e. The largest absolute Gasteiger partial charge is 0.481 e. The molecular formula is C12H15ClN2O3. The van der Waals surface area contributed by atoms with Gasteiger partial charge < -0.3 is 16.2 Å². The second kappa shape index (κ2) is 5.27. The number of nitrogens with one attached hydrogen (secondary N) is 1. The van der Waals surface area contributed by atoms with Crippen molar-refractivity contribution < 1.29 is 14.7 Å². The fourth-order valence-electron chi connectivity index (χ4n) is 1.55. The first-order valence-corrected chi connectivity index (χ1v) is 5.68. The zero-order valence-electron chi connectivity index (χ0n) is 10.2. The Labute approximate surface area is 110 Å². The minimum atomic E-state index is -0.981. The topological polar surface area (TPSA) is 92.4 Å². The number of anilines is 1. The monoisotopic (exact) mass is 270 g/mol. The molecule has 6 heteroatoms. The summed E-state index contributed by atoms with van der Waals surface area (Å²) in [5, 5.41) is 11.7. The van der Waals surface area contributed by atoms with Crippen LogP contribution in [0.4, 0.5) is 5.69 Å². The van der Waals surface area contributed by atoms with Crippen LogP contribution in [0.25, 0.3) is 0 Å². The third-order valence-corrected chi connectivity index (χ3v) is 2.45. The van der Waals surface area contributed by atoms with E-state index in [1.165, 1.54) is 18.2 Å². The van der Waals surface area contributed by atoms with Crippen LogP contribution in [0.1, 0.15) is 30.6 Å². The Morgan fingerprint density at radius 2 is 2.00 bits per heavy atom. The molecule has 0 radical (unpaired) electrons. The molecule has 0 spiro atoms. The van der Waals surface area contributed by atoms with Gasteiger partial charge in [-0.25, -0.2) is 0 Å². The number of benzene rings is 1. The molecule has 0 bridgehead atoms. The molecule has 0 aliphatic rings. The maximum atomic E-state index is 11.9. The minimum absolute atomic E-state index is 0.172. The van der Waals surface area contributed by atoms with Crippen molar-refractivity contribution in [3.05, 3.63) is 28.8 Å². The van der Waals surface area contributed by atoms with E-state index in [9.17, 15) is 9.59 Å². The molecule has 0 heterocycles. The smallest absolute Gasteiger partial charge is 0.305 e. The standard InChI is InChI=1S/C12H15ClN2O3/c1-12(2,6-10(16)17)15-11(18)7-3-8(13)5-9(14)4-7/h3-5H,6,14H2,1-2H3,(H,15,18)(H,16,17). The van der Waals surface area contributed by atoms with E-state index in [1.807, 2.05) is 0 Å². The zero-order valence-corrected chi connectivity index (χ0v) is 10.9. The van der Waals surface area contributed by atoms with Crippen LogP contribution >= 0.6 is 11.6 Å². The van der Waals surface area contributed by atoms with E-state index in [0.717, 1.165) is 0 Å². The van der Waals surface area contributed by atoms with Crippen LogP contribution in [-0.2, 0) is 4.79 Å².